The third-order valence-electron chi connectivity index (χ3n) is 3.50. The number of aromatic amines is 1. The minimum absolute atomic E-state index is 0.0712. The van der Waals surface area contributed by atoms with Crippen LogP contribution in [0, 0.1) is 5.92 Å². The summed E-state index contributed by atoms with van der Waals surface area (Å²) in [6.07, 6.45) is 3.12. The lowest BCUT2D eigenvalue weighted by Gasteiger charge is -2.22. The Hall–Kier alpha value is -1.24. The van der Waals surface area contributed by atoms with E-state index in [1.165, 1.54) is 11.2 Å². The molecule has 0 radical (unpaired) electrons. The van der Waals surface area contributed by atoms with Crippen LogP contribution in [0.2, 0.25) is 0 Å². The fraction of sp³-hybridized carbons (Fsp3) is 0.500. The average molecular weight is 266 g/mol. The number of thiophene rings is 1. The third kappa shape index (κ3) is 1.96. The average Bonchev–Trinajstić information content (AvgIpc) is 2.66. The second-order valence-corrected chi connectivity index (χ2v) is 5.82. The van der Waals surface area contributed by atoms with E-state index in [-0.39, 0.29) is 11.5 Å². The monoisotopic (exact) mass is 266 g/mol. The highest BCUT2D eigenvalue weighted by atomic mass is 32.1. The smallest absolute Gasteiger partial charge is 0.259 e. The quantitative estimate of drug-likeness (QED) is 0.701. The predicted octanol–water partition coefficient (Wildman–Crippen LogP) is 0.790. The molecular weight excluding hydrogens is 252 g/mol. The Bertz CT molecular complexity index is 632. The standard InChI is InChI=1S/C12H14N2O3S/c15-9(16)4-6-1-2-7-8(3-6)18-12-10(7)11(17)13-5-14-12/h5-6,9,15-16H,1-4H2,(H,13,14,17). The van der Waals surface area contributed by atoms with Gasteiger partial charge in [0.2, 0.25) is 0 Å². The lowest BCUT2D eigenvalue weighted by atomic mass is 9.86. The highest BCUT2D eigenvalue weighted by molar-refractivity contribution is 7.18. The van der Waals surface area contributed by atoms with Gasteiger partial charge in [0.05, 0.1) is 11.7 Å². The van der Waals surface area contributed by atoms with E-state index in [1.54, 1.807) is 11.3 Å². The number of aliphatic hydroxyl groups excluding tert-OH is 1. The van der Waals surface area contributed by atoms with Gasteiger partial charge in [0.15, 0.2) is 6.29 Å². The molecule has 0 saturated carbocycles. The van der Waals surface area contributed by atoms with Crippen LogP contribution in [0.5, 0.6) is 0 Å². The summed E-state index contributed by atoms with van der Waals surface area (Å²) in [7, 11) is 0. The van der Waals surface area contributed by atoms with E-state index in [1.807, 2.05) is 0 Å². The normalized spacial score (nSPS) is 19.4. The highest BCUT2D eigenvalue weighted by Crippen LogP contribution is 2.36. The van der Waals surface area contributed by atoms with Crippen molar-refractivity contribution in [2.24, 2.45) is 5.92 Å². The zero-order chi connectivity index (χ0) is 12.7. The fourth-order valence-electron chi connectivity index (χ4n) is 2.69. The van der Waals surface area contributed by atoms with Crippen LogP contribution in [0.15, 0.2) is 11.1 Å². The Kier molecular flexibility index (Phi) is 2.93. The van der Waals surface area contributed by atoms with Gasteiger partial charge in [-0.25, -0.2) is 4.98 Å². The maximum atomic E-state index is 11.8. The molecule has 2 heterocycles. The van der Waals surface area contributed by atoms with Crippen molar-refractivity contribution in [1.29, 1.82) is 0 Å². The number of aryl methyl sites for hydroxylation is 1. The number of aromatic nitrogens is 2. The molecule has 5 nitrogen and oxygen atoms in total. The molecule has 0 aliphatic heterocycles. The van der Waals surface area contributed by atoms with Gasteiger partial charge in [-0.3, -0.25) is 4.79 Å². The van der Waals surface area contributed by atoms with E-state index in [0.717, 1.165) is 35.0 Å². The zero-order valence-electron chi connectivity index (χ0n) is 9.72. The number of hydrogen-bond donors (Lipinski definition) is 3. The number of rotatable bonds is 2. The minimum atomic E-state index is -1.24. The Morgan fingerprint density at radius 1 is 1.56 bits per heavy atom. The van der Waals surface area contributed by atoms with Gasteiger partial charge in [-0.15, -0.1) is 11.3 Å². The van der Waals surface area contributed by atoms with Gasteiger partial charge in [-0.1, -0.05) is 0 Å². The lowest BCUT2D eigenvalue weighted by molar-refractivity contribution is -0.0568. The Balaban J connectivity index is 2.00. The number of nitrogens with one attached hydrogen (secondary N) is 1. The summed E-state index contributed by atoms with van der Waals surface area (Å²) in [5, 5.41) is 18.8. The molecule has 96 valence electrons. The zero-order valence-corrected chi connectivity index (χ0v) is 10.5. The molecule has 2 aromatic rings. The van der Waals surface area contributed by atoms with Gasteiger partial charge in [-0.05, 0) is 30.7 Å². The van der Waals surface area contributed by atoms with Crippen LogP contribution in [0.3, 0.4) is 0 Å². The van der Waals surface area contributed by atoms with E-state index in [4.69, 9.17) is 10.2 Å². The van der Waals surface area contributed by atoms with Crippen molar-refractivity contribution in [3.63, 3.8) is 0 Å². The van der Waals surface area contributed by atoms with Crippen molar-refractivity contribution in [2.75, 3.05) is 0 Å². The molecule has 0 saturated heterocycles. The van der Waals surface area contributed by atoms with Crippen molar-refractivity contribution in [2.45, 2.75) is 32.0 Å². The SMILES string of the molecule is O=c1[nH]cnc2sc3c(c12)CCC(CC(O)O)C3. The molecule has 1 atom stereocenters. The first-order valence-corrected chi connectivity index (χ1v) is 6.81. The van der Waals surface area contributed by atoms with Gasteiger partial charge in [0, 0.05) is 11.3 Å². The molecule has 0 amide bonds. The maximum absolute atomic E-state index is 11.8. The molecule has 0 fully saturated rings. The molecule has 0 aromatic carbocycles. The Morgan fingerprint density at radius 2 is 2.39 bits per heavy atom. The van der Waals surface area contributed by atoms with Gasteiger partial charge in [0.25, 0.3) is 5.56 Å². The molecule has 0 bridgehead atoms. The summed E-state index contributed by atoms with van der Waals surface area (Å²) in [6.45, 7) is 0. The number of hydrogen-bond acceptors (Lipinski definition) is 5. The van der Waals surface area contributed by atoms with Crippen LogP contribution in [-0.4, -0.2) is 26.5 Å². The first-order chi connectivity index (χ1) is 8.65. The van der Waals surface area contributed by atoms with Crippen molar-refractivity contribution < 1.29 is 10.2 Å². The Labute approximate surface area is 107 Å². The second kappa shape index (κ2) is 4.46. The predicted molar refractivity (Wildman–Crippen MR) is 68.6 cm³/mol. The summed E-state index contributed by atoms with van der Waals surface area (Å²) < 4.78 is 0. The van der Waals surface area contributed by atoms with Gasteiger partial charge >= 0.3 is 0 Å². The van der Waals surface area contributed by atoms with Crippen LogP contribution in [-0.2, 0) is 12.8 Å². The molecule has 6 heteroatoms. The van der Waals surface area contributed by atoms with Gasteiger partial charge in [-0.2, -0.15) is 0 Å². The first kappa shape index (κ1) is 11.8. The van der Waals surface area contributed by atoms with Gasteiger partial charge in [0.1, 0.15) is 4.83 Å². The van der Waals surface area contributed by atoms with Crippen molar-refractivity contribution in [3.05, 3.63) is 27.1 Å². The summed E-state index contributed by atoms with van der Waals surface area (Å²) >= 11 is 1.55. The molecule has 1 aliphatic rings. The van der Waals surface area contributed by atoms with E-state index in [9.17, 15) is 4.79 Å². The van der Waals surface area contributed by atoms with E-state index in [2.05, 4.69) is 9.97 Å². The van der Waals surface area contributed by atoms with E-state index < -0.39 is 6.29 Å². The summed E-state index contributed by atoms with van der Waals surface area (Å²) in [6, 6.07) is 0. The van der Waals surface area contributed by atoms with Crippen LogP contribution >= 0.6 is 11.3 Å². The molecule has 2 aromatic heterocycles. The molecule has 3 N–H and O–H groups in total. The number of aliphatic hydroxyl groups is 2. The fourth-order valence-corrected chi connectivity index (χ4v) is 3.99. The summed E-state index contributed by atoms with van der Waals surface area (Å²) in [5.41, 5.74) is 1.03. The van der Waals surface area contributed by atoms with Crippen molar-refractivity contribution >= 4 is 21.6 Å². The van der Waals surface area contributed by atoms with Crippen molar-refractivity contribution in [1.82, 2.24) is 9.97 Å². The van der Waals surface area contributed by atoms with E-state index >= 15 is 0 Å². The number of fused-ring (bicyclic) bond motifs is 3. The van der Waals surface area contributed by atoms with E-state index in [0.29, 0.717) is 6.42 Å². The Morgan fingerprint density at radius 3 is 3.17 bits per heavy atom. The topological polar surface area (TPSA) is 86.2 Å². The molecule has 0 spiro atoms. The minimum Gasteiger partial charge on any atom is -0.368 e. The highest BCUT2D eigenvalue weighted by Gasteiger charge is 2.25. The van der Waals surface area contributed by atoms with Gasteiger partial charge < -0.3 is 15.2 Å². The molecule has 18 heavy (non-hydrogen) atoms. The number of nitrogens with zero attached hydrogens (tertiary/aromatic N) is 1. The molecule has 3 rings (SSSR count). The summed E-state index contributed by atoms with van der Waals surface area (Å²) in [5.74, 6) is 0.282. The van der Waals surface area contributed by atoms with Crippen LogP contribution < -0.4 is 5.56 Å². The lowest BCUT2D eigenvalue weighted by Crippen LogP contribution is -2.19. The van der Waals surface area contributed by atoms with Crippen LogP contribution in [0.1, 0.15) is 23.3 Å². The van der Waals surface area contributed by atoms with Crippen molar-refractivity contribution in [3.8, 4) is 0 Å². The maximum Gasteiger partial charge on any atom is 0.259 e. The first-order valence-electron chi connectivity index (χ1n) is 5.99. The third-order valence-corrected chi connectivity index (χ3v) is 4.66. The second-order valence-electron chi connectivity index (χ2n) is 4.74. The molecular formula is C12H14N2O3S. The molecule has 1 aliphatic carbocycles. The molecule has 1 unspecified atom stereocenters. The summed E-state index contributed by atoms with van der Waals surface area (Å²) in [4.78, 5) is 20.6. The van der Waals surface area contributed by atoms with Crippen LogP contribution in [0.4, 0.5) is 0 Å². The van der Waals surface area contributed by atoms with Crippen LogP contribution in [0.25, 0.3) is 10.2 Å². The number of H-pyrrole nitrogens is 1. The largest absolute Gasteiger partial charge is 0.368 e.